The molecule has 0 radical (unpaired) electrons. The van der Waals surface area contributed by atoms with E-state index in [1.165, 1.54) is 0 Å². The van der Waals surface area contributed by atoms with E-state index in [2.05, 4.69) is 4.98 Å². The van der Waals surface area contributed by atoms with Crippen LogP contribution in [0.1, 0.15) is 36.1 Å². The minimum absolute atomic E-state index is 0.0613. The Morgan fingerprint density at radius 2 is 1.75 bits per heavy atom. The van der Waals surface area contributed by atoms with Crippen molar-refractivity contribution in [3.8, 4) is 0 Å². The second kappa shape index (κ2) is 7.29. The van der Waals surface area contributed by atoms with Crippen LogP contribution in [0.4, 0.5) is 0 Å². The van der Waals surface area contributed by atoms with Crippen molar-refractivity contribution in [1.82, 2.24) is 14.5 Å². The molecule has 1 amide bonds. The summed E-state index contributed by atoms with van der Waals surface area (Å²) in [5, 5.41) is 0. The van der Waals surface area contributed by atoms with Crippen LogP contribution in [-0.4, -0.2) is 52.4 Å². The Hall–Kier alpha value is -2.25. The minimum atomic E-state index is -0.485. The fraction of sp³-hybridized carbons (Fsp3) is 0.571. The largest absolute Gasteiger partial charge is 0.347 e. The summed E-state index contributed by atoms with van der Waals surface area (Å²) >= 11 is 0. The van der Waals surface area contributed by atoms with Crippen LogP contribution < -0.4 is 5.56 Å². The number of rotatable bonds is 3. The highest BCUT2D eigenvalue weighted by Crippen LogP contribution is 2.31. The molecule has 7 nitrogen and oxygen atoms in total. The van der Waals surface area contributed by atoms with E-state index in [0.29, 0.717) is 57.8 Å². The van der Waals surface area contributed by atoms with Gasteiger partial charge in [-0.15, -0.1) is 0 Å². The summed E-state index contributed by atoms with van der Waals surface area (Å²) in [5.41, 5.74) is 4.15. The van der Waals surface area contributed by atoms with Crippen LogP contribution in [0, 0.1) is 20.8 Å². The number of benzene rings is 1. The maximum Gasteiger partial charge on any atom is 0.272 e. The topological polar surface area (TPSA) is 73.7 Å². The van der Waals surface area contributed by atoms with Crippen LogP contribution in [0.15, 0.2) is 16.9 Å². The number of aryl methyl sites for hydroxylation is 4. The van der Waals surface area contributed by atoms with Gasteiger partial charge in [0.2, 0.25) is 5.91 Å². The van der Waals surface area contributed by atoms with Crippen LogP contribution in [0.25, 0.3) is 11.0 Å². The van der Waals surface area contributed by atoms with Crippen molar-refractivity contribution < 1.29 is 14.3 Å². The van der Waals surface area contributed by atoms with Gasteiger partial charge in [0, 0.05) is 38.9 Å². The zero-order valence-corrected chi connectivity index (χ0v) is 16.8. The van der Waals surface area contributed by atoms with Crippen molar-refractivity contribution in [3.63, 3.8) is 0 Å². The molecular weight excluding hydrogens is 358 g/mol. The van der Waals surface area contributed by atoms with E-state index >= 15 is 0 Å². The predicted octanol–water partition coefficient (Wildman–Crippen LogP) is 2.08. The van der Waals surface area contributed by atoms with Crippen LogP contribution in [-0.2, 0) is 20.8 Å². The lowest BCUT2D eigenvalue weighted by molar-refractivity contribution is -0.187. The Balaban J connectivity index is 1.49. The third-order valence-electron chi connectivity index (χ3n) is 5.97. The number of nitrogens with zero attached hydrogens (tertiary/aromatic N) is 3. The molecule has 4 rings (SSSR count). The number of carbonyl (C=O) groups is 1. The molecule has 3 heterocycles. The Bertz CT molecular complexity index is 966. The van der Waals surface area contributed by atoms with Gasteiger partial charge in [0.1, 0.15) is 5.69 Å². The fourth-order valence-corrected chi connectivity index (χ4v) is 4.09. The summed E-state index contributed by atoms with van der Waals surface area (Å²) in [4.78, 5) is 31.7. The summed E-state index contributed by atoms with van der Waals surface area (Å²) in [6, 6.07) is 3.99. The van der Waals surface area contributed by atoms with E-state index in [1.807, 2.05) is 30.9 Å². The molecule has 150 valence electrons. The summed E-state index contributed by atoms with van der Waals surface area (Å²) in [7, 11) is 0. The molecule has 2 aliphatic rings. The molecule has 1 aromatic carbocycles. The molecule has 2 fully saturated rings. The zero-order chi connectivity index (χ0) is 19.9. The van der Waals surface area contributed by atoms with E-state index in [1.54, 1.807) is 11.5 Å². The molecule has 1 aromatic heterocycles. The monoisotopic (exact) mass is 385 g/mol. The fourth-order valence-electron chi connectivity index (χ4n) is 4.09. The van der Waals surface area contributed by atoms with Crippen LogP contribution in [0.2, 0.25) is 0 Å². The smallest absolute Gasteiger partial charge is 0.272 e. The lowest BCUT2D eigenvalue weighted by Crippen LogP contribution is -2.47. The number of ether oxygens (including phenoxy) is 2. The summed E-state index contributed by atoms with van der Waals surface area (Å²) in [5.74, 6) is -0.423. The Labute approximate surface area is 164 Å². The van der Waals surface area contributed by atoms with E-state index < -0.39 is 5.79 Å². The highest BCUT2D eigenvalue weighted by atomic mass is 16.7. The first-order valence-corrected chi connectivity index (χ1v) is 9.93. The lowest BCUT2D eigenvalue weighted by Gasteiger charge is -2.37. The SMILES string of the molecule is Cc1cc2nc(C)c(=O)n(CCC(=O)N3CCC4(CC3)OCCO4)c2cc1C. The number of hydrogen-bond donors (Lipinski definition) is 0. The number of carbonyl (C=O) groups excluding carboxylic acids is 1. The first-order chi connectivity index (χ1) is 13.4. The highest BCUT2D eigenvalue weighted by molar-refractivity contribution is 5.78. The molecule has 0 unspecified atom stereocenters. The van der Waals surface area contributed by atoms with Gasteiger partial charge in [0.05, 0.1) is 24.2 Å². The van der Waals surface area contributed by atoms with Gasteiger partial charge >= 0.3 is 0 Å². The van der Waals surface area contributed by atoms with Gasteiger partial charge in [-0.2, -0.15) is 0 Å². The molecule has 0 aliphatic carbocycles. The van der Waals surface area contributed by atoms with Gasteiger partial charge in [-0.25, -0.2) is 4.98 Å². The third-order valence-corrected chi connectivity index (χ3v) is 5.97. The second-order valence-electron chi connectivity index (χ2n) is 7.82. The first kappa shape index (κ1) is 19.1. The Morgan fingerprint density at radius 3 is 2.43 bits per heavy atom. The van der Waals surface area contributed by atoms with Crippen molar-refractivity contribution in [3.05, 3.63) is 39.3 Å². The maximum absolute atomic E-state index is 12.7. The van der Waals surface area contributed by atoms with Gasteiger partial charge in [-0.1, -0.05) is 0 Å². The van der Waals surface area contributed by atoms with Crippen molar-refractivity contribution >= 4 is 16.9 Å². The van der Waals surface area contributed by atoms with Crippen molar-refractivity contribution in [2.75, 3.05) is 26.3 Å². The molecule has 2 aliphatic heterocycles. The average molecular weight is 385 g/mol. The van der Waals surface area contributed by atoms with E-state index in [-0.39, 0.29) is 11.5 Å². The molecular formula is C21H27N3O4. The Kier molecular flexibility index (Phi) is 4.97. The average Bonchev–Trinajstić information content (AvgIpc) is 3.12. The molecule has 0 N–H and O–H groups in total. The van der Waals surface area contributed by atoms with Crippen molar-refractivity contribution in [2.45, 2.75) is 52.4 Å². The minimum Gasteiger partial charge on any atom is -0.347 e. The number of aromatic nitrogens is 2. The molecule has 0 atom stereocenters. The van der Waals surface area contributed by atoms with Crippen molar-refractivity contribution in [1.29, 1.82) is 0 Å². The normalized spacial score (nSPS) is 18.9. The number of hydrogen-bond acceptors (Lipinski definition) is 5. The molecule has 2 saturated heterocycles. The van der Waals surface area contributed by atoms with Gasteiger partial charge in [-0.3, -0.25) is 9.59 Å². The molecule has 7 heteroatoms. The highest BCUT2D eigenvalue weighted by Gasteiger charge is 2.40. The summed E-state index contributed by atoms with van der Waals surface area (Å²) in [6.45, 7) is 8.64. The summed E-state index contributed by atoms with van der Waals surface area (Å²) < 4.78 is 13.1. The quantitative estimate of drug-likeness (QED) is 0.809. The molecule has 0 saturated carbocycles. The molecule has 28 heavy (non-hydrogen) atoms. The van der Waals surface area contributed by atoms with E-state index in [9.17, 15) is 9.59 Å². The first-order valence-electron chi connectivity index (χ1n) is 9.93. The van der Waals surface area contributed by atoms with Gasteiger partial charge in [0.25, 0.3) is 5.56 Å². The standard InChI is InChI=1S/C21H27N3O4/c1-14-12-17-18(13-15(14)2)24(20(26)16(3)22-17)7-4-19(25)23-8-5-21(6-9-23)27-10-11-28-21/h12-13H,4-11H2,1-3H3. The van der Waals surface area contributed by atoms with Crippen molar-refractivity contribution in [2.24, 2.45) is 0 Å². The van der Waals surface area contributed by atoms with Gasteiger partial charge < -0.3 is 18.9 Å². The number of likely N-dealkylation sites (tertiary alicyclic amines) is 1. The summed E-state index contributed by atoms with van der Waals surface area (Å²) in [6.07, 6.45) is 1.70. The molecule has 1 spiro atoms. The van der Waals surface area contributed by atoms with Crippen LogP contribution in [0.3, 0.4) is 0 Å². The molecule has 0 bridgehead atoms. The number of fused-ring (bicyclic) bond motifs is 1. The zero-order valence-electron chi connectivity index (χ0n) is 16.8. The van der Waals surface area contributed by atoms with E-state index in [0.717, 1.165) is 22.2 Å². The maximum atomic E-state index is 12.7. The molecule has 2 aromatic rings. The van der Waals surface area contributed by atoms with Gasteiger partial charge in [-0.05, 0) is 44.0 Å². The Morgan fingerprint density at radius 1 is 1.11 bits per heavy atom. The number of amides is 1. The second-order valence-corrected chi connectivity index (χ2v) is 7.82. The van der Waals surface area contributed by atoms with E-state index in [4.69, 9.17) is 9.47 Å². The lowest BCUT2D eigenvalue weighted by atomic mass is 10.0. The third kappa shape index (κ3) is 3.44. The van der Waals surface area contributed by atoms with Gasteiger partial charge in [0.15, 0.2) is 5.79 Å². The predicted molar refractivity (Wildman–Crippen MR) is 105 cm³/mol. The number of piperidine rings is 1. The van der Waals surface area contributed by atoms with Crippen LogP contribution in [0.5, 0.6) is 0 Å². The van der Waals surface area contributed by atoms with Crippen LogP contribution >= 0.6 is 0 Å².